The van der Waals surface area contributed by atoms with Crippen molar-refractivity contribution < 1.29 is 9.53 Å². The van der Waals surface area contributed by atoms with Crippen molar-refractivity contribution in [3.05, 3.63) is 107 Å². The molecule has 2 heterocycles. The highest BCUT2D eigenvalue weighted by Gasteiger charge is 2.08. The highest BCUT2D eigenvalue weighted by Crippen LogP contribution is 2.22. The normalized spacial score (nSPS) is 11.2. The second-order valence-corrected chi connectivity index (χ2v) is 7.49. The molecule has 0 bridgehead atoms. The lowest BCUT2D eigenvalue weighted by Crippen LogP contribution is -2.05. The van der Waals surface area contributed by atoms with Crippen LogP contribution in [-0.4, -0.2) is 27.2 Å². The third-order valence-electron chi connectivity index (χ3n) is 5.21. The summed E-state index contributed by atoms with van der Waals surface area (Å²) in [4.78, 5) is 12.6. The van der Waals surface area contributed by atoms with Crippen LogP contribution >= 0.6 is 0 Å². The molecule has 0 N–H and O–H groups in total. The van der Waals surface area contributed by atoms with E-state index in [1.807, 2.05) is 96.2 Å². The zero-order valence-corrected chi connectivity index (χ0v) is 17.9. The van der Waals surface area contributed by atoms with Crippen LogP contribution < -0.4 is 4.74 Å². The summed E-state index contributed by atoms with van der Waals surface area (Å²) in [6, 6.07) is 19.5. The lowest BCUT2D eigenvalue weighted by Gasteiger charge is -2.11. The Hall–Kier alpha value is -3.86. The molecular formula is C26H25N3O2. The molecule has 0 aliphatic heterocycles. The summed E-state index contributed by atoms with van der Waals surface area (Å²) >= 11 is 0. The summed E-state index contributed by atoms with van der Waals surface area (Å²) < 4.78 is 9.48. The first kappa shape index (κ1) is 20.4. The largest absolute Gasteiger partial charge is 0.496 e. The molecule has 0 fully saturated rings. The fourth-order valence-corrected chi connectivity index (χ4v) is 3.59. The number of carbonyl (C=O) groups is 1. The van der Waals surface area contributed by atoms with Gasteiger partial charge in [0.15, 0.2) is 5.78 Å². The summed E-state index contributed by atoms with van der Waals surface area (Å²) in [5, 5.41) is 4.54. The maximum atomic E-state index is 12.6. The topological polar surface area (TPSA) is 49.0 Å². The van der Waals surface area contributed by atoms with E-state index < -0.39 is 0 Å². The van der Waals surface area contributed by atoms with Gasteiger partial charge in [-0.15, -0.1) is 0 Å². The number of ketones is 1. The lowest BCUT2D eigenvalue weighted by atomic mass is 10.1. The molecule has 2 aromatic carbocycles. The average molecular weight is 412 g/mol. The second-order valence-electron chi connectivity index (χ2n) is 7.49. The first-order valence-corrected chi connectivity index (χ1v) is 10.2. The summed E-state index contributed by atoms with van der Waals surface area (Å²) in [7, 11) is 1.66. The summed E-state index contributed by atoms with van der Waals surface area (Å²) in [5.41, 5.74) is 5.71. The highest BCUT2D eigenvalue weighted by molar-refractivity contribution is 6.06. The van der Waals surface area contributed by atoms with Crippen molar-refractivity contribution >= 4 is 11.9 Å². The summed E-state index contributed by atoms with van der Waals surface area (Å²) in [6.07, 6.45) is 7.40. The van der Waals surface area contributed by atoms with E-state index >= 15 is 0 Å². The molecule has 0 aliphatic rings. The van der Waals surface area contributed by atoms with E-state index in [1.54, 1.807) is 13.2 Å². The Morgan fingerprint density at radius 3 is 2.42 bits per heavy atom. The zero-order chi connectivity index (χ0) is 21.8. The van der Waals surface area contributed by atoms with Crippen molar-refractivity contribution in [1.82, 2.24) is 14.3 Å². The van der Waals surface area contributed by atoms with Gasteiger partial charge in [0.2, 0.25) is 0 Å². The molecule has 4 rings (SSSR count). The molecule has 2 aromatic heterocycles. The molecule has 0 saturated carbocycles. The Morgan fingerprint density at radius 1 is 1.03 bits per heavy atom. The van der Waals surface area contributed by atoms with E-state index in [0.29, 0.717) is 12.1 Å². The molecule has 0 unspecified atom stereocenters. The highest BCUT2D eigenvalue weighted by atomic mass is 16.5. The fraction of sp³-hybridized carbons (Fsp3) is 0.154. The molecule has 0 radical (unpaired) electrons. The first-order chi connectivity index (χ1) is 15.0. The van der Waals surface area contributed by atoms with Crippen molar-refractivity contribution in [3.8, 4) is 11.4 Å². The van der Waals surface area contributed by atoms with Crippen LogP contribution in [0.1, 0.15) is 32.9 Å². The number of aryl methyl sites for hydroxylation is 2. The molecule has 4 aromatic rings. The number of benzene rings is 2. The minimum atomic E-state index is -0.0324. The third-order valence-corrected chi connectivity index (χ3v) is 5.21. The molecule has 0 aliphatic carbocycles. The van der Waals surface area contributed by atoms with Crippen LogP contribution in [-0.2, 0) is 6.54 Å². The number of ether oxygens (including phenoxy) is 1. The number of hydrogen-bond acceptors (Lipinski definition) is 3. The Labute approximate surface area is 182 Å². The van der Waals surface area contributed by atoms with Crippen molar-refractivity contribution in [3.63, 3.8) is 0 Å². The van der Waals surface area contributed by atoms with Gasteiger partial charge in [-0.1, -0.05) is 12.1 Å². The number of hydrogen-bond donors (Lipinski definition) is 0. The van der Waals surface area contributed by atoms with Gasteiger partial charge in [-0.25, -0.2) is 0 Å². The second kappa shape index (κ2) is 8.88. The SMILES string of the molecule is COc1ccc(/C=C/C(=O)c2ccc(-n3cccc3)cc2)cc1Cn1nc(C)cc1C. The number of carbonyl (C=O) groups excluding carboxylic acids is 1. The van der Waals surface area contributed by atoms with Crippen LogP contribution in [0, 0.1) is 13.8 Å². The average Bonchev–Trinajstić information content (AvgIpc) is 3.42. The van der Waals surface area contributed by atoms with Crippen molar-refractivity contribution in [1.29, 1.82) is 0 Å². The van der Waals surface area contributed by atoms with E-state index in [9.17, 15) is 4.79 Å². The van der Waals surface area contributed by atoms with Crippen LogP contribution in [0.2, 0.25) is 0 Å². The van der Waals surface area contributed by atoms with Gasteiger partial charge in [-0.3, -0.25) is 9.48 Å². The van der Waals surface area contributed by atoms with E-state index in [2.05, 4.69) is 11.2 Å². The fourth-order valence-electron chi connectivity index (χ4n) is 3.59. The number of rotatable bonds is 7. The monoisotopic (exact) mass is 411 g/mol. The lowest BCUT2D eigenvalue weighted by molar-refractivity contribution is 0.104. The van der Waals surface area contributed by atoms with Gasteiger partial charge in [0.25, 0.3) is 0 Å². The molecule has 0 amide bonds. The molecule has 5 heteroatoms. The first-order valence-electron chi connectivity index (χ1n) is 10.2. The van der Waals surface area contributed by atoms with Gasteiger partial charge in [0.05, 0.1) is 19.3 Å². The van der Waals surface area contributed by atoms with Gasteiger partial charge in [0, 0.05) is 34.9 Å². The summed E-state index contributed by atoms with van der Waals surface area (Å²) in [6.45, 7) is 4.63. The molecule has 0 spiro atoms. The molecule has 156 valence electrons. The Balaban J connectivity index is 1.51. The zero-order valence-electron chi connectivity index (χ0n) is 17.9. The van der Waals surface area contributed by atoms with E-state index in [1.165, 1.54) is 0 Å². The number of aromatic nitrogens is 3. The molecule has 31 heavy (non-hydrogen) atoms. The van der Waals surface area contributed by atoms with Crippen LogP contribution in [0.25, 0.3) is 11.8 Å². The summed E-state index contributed by atoms with van der Waals surface area (Å²) in [5.74, 6) is 0.770. The third kappa shape index (κ3) is 4.67. The number of allylic oxidation sites excluding steroid dienone is 1. The van der Waals surface area contributed by atoms with Crippen molar-refractivity contribution in [2.45, 2.75) is 20.4 Å². The maximum Gasteiger partial charge on any atom is 0.185 e. The minimum Gasteiger partial charge on any atom is -0.496 e. The molecule has 0 atom stereocenters. The Kier molecular flexibility index (Phi) is 5.85. The van der Waals surface area contributed by atoms with E-state index in [0.717, 1.165) is 34.0 Å². The standard InChI is InChI=1S/C26H25N3O2/c1-19-16-20(2)29(27-19)18-23-17-21(7-13-26(23)31-3)6-12-25(30)22-8-10-24(11-9-22)28-14-4-5-15-28/h4-17H,18H2,1-3H3/b12-6+. The van der Waals surface area contributed by atoms with Gasteiger partial charge in [0.1, 0.15) is 5.75 Å². The van der Waals surface area contributed by atoms with Gasteiger partial charge < -0.3 is 9.30 Å². The van der Waals surface area contributed by atoms with E-state index in [4.69, 9.17) is 4.74 Å². The molecular weight excluding hydrogens is 386 g/mol. The van der Waals surface area contributed by atoms with Crippen molar-refractivity contribution in [2.24, 2.45) is 0 Å². The van der Waals surface area contributed by atoms with Gasteiger partial charge in [-0.2, -0.15) is 5.10 Å². The van der Waals surface area contributed by atoms with Crippen LogP contribution in [0.4, 0.5) is 0 Å². The number of methoxy groups -OCH3 is 1. The minimum absolute atomic E-state index is 0.0324. The van der Waals surface area contributed by atoms with Crippen LogP contribution in [0.15, 0.2) is 79.1 Å². The van der Waals surface area contributed by atoms with Gasteiger partial charge >= 0.3 is 0 Å². The quantitative estimate of drug-likeness (QED) is 0.308. The maximum absolute atomic E-state index is 12.6. The Morgan fingerprint density at radius 2 is 1.77 bits per heavy atom. The molecule has 0 saturated heterocycles. The predicted molar refractivity (Wildman–Crippen MR) is 123 cm³/mol. The van der Waals surface area contributed by atoms with Gasteiger partial charge in [-0.05, 0) is 80.1 Å². The van der Waals surface area contributed by atoms with Crippen LogP contribution in [0.3, 0.4) is 0 Å². The predicted octanol–water partition coefficient (Wildman–Crippen LogP) is 5.24. The smallest absolute Gasteiger partial charge is 0.185 e. The van der Waals surface area contributed by atoms with Crippen LogP contribution in [0.5, 0.6) is 5.75 Å². The Bertz CT molecular complexity index is 1220. The van der Waals surface area contributed by atoms with E-state index in [-0.39, 0.29) is 5.78 Å². The molecule has 5 nitrogen and oxygen atoms in total. The van der Waals surface area contributed by atoms with Crippen molar-refractivity contribution in [2.75, 3.05) is 7.11 Å². The number of nitrogens with zero attached hydrogens (tertiary/aromatic N) is 3.